The maximum atomic E-state index is 12.7. The third-order valence-corrected chi connectivity index (χ3v) is 10.6. The van der Waals surface area contributed by atoms with Gasteiger partial charge in [0.25, 0.3) is 0 Å². The van der Waals surface area contributed by atoms with Crippen molar-refractivity contribution in [3.63, 3.8) is 0 Å². The van der Waals surface area contributed by atoms with E-state index in [-0.39, 0.29) is 42.7 Å². The monoisotopic (exact) mass is 792 g/mol. The second-order valence-corrected chi connectivity index (χ2v) is 17.0. The van der Waals surface area contributed by atoms with E-state index in [2.05, 4.69) is 38.2 Å². The van der Waals surface area contributed by atoms with Crippen LogP contribution in [0.5, 0.6) is 0 Å². The van der Waals surface area contributed by atoms with E-state index < -0.39 is 18.1 Å². The first kappa shape index (κ1) is 53.8. The number of carboxylic acid groups (broad SMARTS) is 1. The van der Waals surface area contributed by atoms with Gasteiger partial charge in [-0.3, -0.25) is 9.59 Å². The number of nitrogens with zero attached hydrogens (tertiary/aromatic N) is 1. The molecule has 0 aliphatic heterocycles. The summed E-state index contributed by atoms with van der Waals surface area (Å²) in [5.41, 5.74) is 0. The second-order valence-electron chi connectivity index (χ2n) is 17.0. The standard InChI is InChI=1S/C48H89NO7/c1-6-8-10-12-14-16-18-20-22-24-26-28-30-32-34-36-38-46(50)55-43-44(42-54-41-40-45(48(52)53)49(3,4)5)56-47(51)39-37-35-33-31-29-27-25-23-21-19-17-15-13-11-9-7-2/h23,25,27,29,44-45H,6-22,24,26,28,30-43H2,1-5H3/b25-23+,29-27+. The number of allylic oxidation sites excluding steroid dienone is 4. The lowest BCUT2D eigenvalue weighted by molar-refractivity contribution is -0.889. The largest absolute Gasteiger partial charge is 0.544 e. The zero-order chi connectivity index (χ0) is 41.4. The van der Waals surface area contributed by atoms with Gasteiger partial charge in [-0.15, -0.1) is 0 Å². The van der Waals surface area contributed by atoms with Crippen LogP contribution in [0.3, 0.4) is 0 Å². The topological polar surface area (TPSA) is 102 Å². The molecule has 2 unspecified atom stereocenters. The van der Waals surface area contributed by atoms with Gasteiger partial charge in [0.2, 0.25) is 0 Å². The number of quaternary nitrogens is 1. The number of carboxylic acids is 1. The Kier molecular flexibility index (Phi) is 38.1. The lowest BCUT2D eigenvalue weighted by Crippen LogP contribution is -2.55. The van der Waals surface area contributed by atoms with E-state index in [1.807, 2.05) is 0 Å². The molecule has 0 aromatic heterocycles. The van der Waals surface area contributed by atoms with Crippen molar-refractivity contribution in [1.29, 1.82) is 0 Å². The molecule has 0 spiro atoms. The fourth-order valence-corrected chi connectivity index (χ4v) is 6.94. The molecule has 0 N–H and O–H groups in total. The minimum absolute atomic E-state index is 0.0340. The van der Waals surface area contributed by atoms with Gasteiger partial charge in [0.05, 0.1) is 40.3 Å². The summed E-state index contributed by atoms with van der Waals surface area (Å²) in [4.78, 5) is 36.9. The summed E-state index contributed by atoms with van der Waals surface area (Å²) in [6.07, 6.45) is 43.4. The van der Waals surface area contributed by atoms with Crippen LogP contribution in [0.2, 0.25) is 0 Å². The third kappa shape index (κ3) is 37.4. The lowest BCUT2D eigenvalue weighted by atomic mass is 10.0. The molecular weight excluding hydrogens is 703 g/mol. The molecule has 0 amide bonds. The van der Waals surface area contributed by atoms with Crippen LogP contribution in [-0.4, -0.2) is 75.5 Å². The Morgan fingerprint density at radius 1 is 0.536 bits per heavy atom. The number of carbonyl (C=O) groups is 3. The number of ether oxygens (including phenoxy) is 3. The predicted octanol–water partition coefficient (Wildman–Crippen LogP) is 11.5. The molecule has 0 saturated heterocycles. The van der Waals surface area contributed by atoms with Crippen LogP contribution in [0.1, 0.15) is 213 Å². The normalized spacial score (nSPS) is 13.1. The van der Waals surface area contributed by atoms with E-state index in [4.69, 9.17) is 14.2 Å². The first-order valence-electron chi connectivity index (χ1n) is 23.4. The molecule has 0 rings (SSSR count). The Hall–Kier alpha value is -2.19. The average molecular weight is 792 g/mol. The predicted molar refractivity (Wildman–Crippen MR) is 231 cm³/mol. The fraction of sp³-hybridized carbons (Fsp3) is 0.854. The number of aliphatic carboxylic acids is 1. The summed E-state index contributed by atoms with van der Waals surface area (Å²) < 4.78 is 17.2. The van der Waals surface area contributed by atoms with Crippen molar-refractivity contribution < 1.29 is 38.2 Å². The van der Waals surface area contributed by atoms with Crippen molar-refractivity contribution in [2.75, 3.05) is 41.0 Å². The van der Waals surface area contributed by atoms with E-state index in [1.54, 1.807) is 21.1 Å². The van der Waals surface area contributed by atoms with Crippen molar-refractivity contribution in [1.82, 2.24) is 0 Å². The molecule has 0 radical (unpaired) electrons. The number of likely N-dealkylation sites (N-methyl/N-ethyl adjacent to an activating group) is 1. The van der Waals surface area contributed by atoms with Gasteiger partial charge < -0.3 is 28.6 Å². The van der Waals surface area contributed by atoms with Crippen molar-refractivity contribution in [2.24, 2.45) is 0 Å². The Morgan fingerprint density at radius 3 is 1.36 bits per heavy atom. The highest BCUT2D eigenvalue weighted by molar-refractivity contribution is 5.70. The number of hydrogen-bond donors (Lipinski definition) is 0. The molecule has 0 bridgehead atoms. The Morgan fingerprint density at radius 2 is 0.929 bits per heavy atom. The van der Waals surface area contributed by atoms with Crippen LogP contribution in [0.15, 0.2) is 24.3 Å². The van der Waals surface area contributed by atoms with E-state index in [0.29, 0.717) is 12.8 Å². The molecule has 8 heteroatoms. The second kappa shape index (κ2) is 39.6. The quantitative estimate of drug-likeness (QED) is 0.0262. The molecule has 0 aromatic carbocycles. The van der Waals surface area contributed by atoms with Gasteiger partial charge >= 0.3 is 11.9 Å². The molecule has 0 heterocycles. The molecule has 0 aliphatic carbocycles. The summed E-state index contributed by atoms with van der Waals surface area (Å²) in [5.74, 6) is -1.76. The summed E-state index contributed by atoms with van der Waals surface area (Å²) in [6.45, 7) is 4.65. The van der Waals surface area contributed by atoms with Crippen LogP contribution in [-0.2, 0) is 28.6 Å². The molecule has 0 aliphatic rings. The lowest BCUT2D eigenvalue weighted by Gasteiger charge is -2.34. The summed E-state index contributed by atoms with van der Waals surface area (Å²) >= 11 is 0. The molecule has 0 saturated carbocycles. The number of unbranched alkanes of at least 4 members (excludes halogenated alkanes) is 25. The minimum Gasteiger partial charge on any atom is -0.544 e. The third-order valence-electron chi connectivity index (χ3n) is 10.6. The molecule has 0 aromatic rings. The number of rotatable bonds is 42. The fourth-order valence-electron chi connectivity index (χ4n) is 6.94. The molecule has 2 atom stereocenters. The first-order valence-corrected chi connectivity index (χ1v) is 23.4. The van der Waals surface area contributed by atoms with Crippen LogP contribution < -0.4 is 5.11 Å². The summed E-state index contributed by atoms with van der Waals surface area (Å²) in [7, 11) is 5.40. The van der Waals surface area contributed by atoms with Gasteiger partial charge in [-0.25, -0.2) is 0 Å². The minimum atomic E-state index is -1.13. The highest BCUT2D eigenvalue weighted by Gasteiger charge is 2.25. The maximum absolute atomic E-state index is 12.7. The van der Waals surface area contributed by atoms with Crippen LogP contribution in [0.4, 0.5) is 0 Å². The maximum Gasteiger partial charge on any atom is 0.306 e. The highest BCUT2D eigenvalue weighted by atomic mass is 16.6. The highest BCUT2D eigenvalue weighted by Crippen LogP contribution is 2.15. The van der Waals surface area contributed by atoms with Crippen molar-refractivity contribution in [3.8, 4) is 0 Å². The van der Waals surface area contributed by atoms with Gasteiger partial charge in [0.15, 0.2) is 6.10 Å². The van der Waals surface area contributed by atoms with Crippen molar-refractivity contribution in [3.05, 3.63) is 24.3 Å². The summed E-state index contributed by atoms with van der Waals surface area (Å²) in [6, 6.07) is -0.727. The Balaban J connectivity index is 4.34. The number of hydrogen-bond acceptors (Lipinski definition) is 7. The van der Waals surface area contributed by atoms with Gasteiger partial charge in [0, 0.05) is 19.3 Å². The average Bonchev–Trinajstić information content (AvgIpc) is 3.15. The van der Waals surface area contributed by atoms with Crippen LogP contribution in [0.25, 0.3) is 0 Å². The van der Waals surface area contributed by atoms with E-state index in [9.17, 15) is 19.5 Å². The molecule has 0 fully saturated rings. The molecule has 56 heavy (non-hydrogen) atoms. The van der Waals surface area contributed by atoms with E-state index >= 15 is 0 Å². The number of carbonyl (C=O) groups excluding carboxylic acids is 3. The summed E-state index contributed by atoms with van der Waals surface area (Å²) in [5, 5.41) is 11.6. The SMILES string of the molecule is CCCCCCCCC/C=C/C=C/CCCCCC(=O)OC(COCCC(C(=O)[O-])[N+](C)(C)C)COC(=O)CCCCCCCCCCCCCCCCCC. The van der Waals surface area contributed by atoms with Crippen LogP contribution >= 0.6 is 0 Å². The van der Waals surface area contributed by atoms with Gasteiger partial charge in [0.1, 0.15) is 12.6 Å². The van der Waals surface area contributed by atoms with E-state index in [0.717, 1.165) is 51.4 Å². The van der Waals surface area contributed by atoms with Gasteiger partial charge in [-0.2, -0.15) is 0 Å². The first-order chi connectivity index (χ1) is 27.1. The van der Waals surface area contributed by atoms with Crippen molar-refractivity contribution in [2.45, 2.75) is 225 Å². The van der Waals surface area contributed by atoms with Crippen molar-refractivity contribution >= 4 is 17.9 Å². The Labute approximate surface area is 345 Å². The smallest absolute Gasteiger partial charge is 0.306 e. The Bertz CT molecular complexity index is 973. The van der Waals surface area contributed by atoms with Gasteiger partial charge in [-0.1, -0.05) is 179 Å². The zero-order valence-corrected chi connectivity index (χ0v) is 37.3. The van der Waals surface area contributed by atoms with E-state index in [1.165, 1.54) is 128 Å². The number of esters is 2. The van der Waals surface area contributed by atoms with Crippen LogP contribution in [0, 0.1) is 0 Å². The molecular formula is C48H89NO7. The molecule has 8 nitrogen and oxygen atoms in total. The van der Waals surface area contributed by atoms with Gasteiger partial charge in [-0.05, 0) is 38.5 Å². The molecule has 328 valence electrons. The zero-order valence-electron chi connectivity index (χ0n) is 37.3.